The number of carboxylic acid groups (broad SMARTS) is 1. The summed E-state index contributed by atoms with van der Waals surface area (Å²) in [7, 11) is 0. The van der Waals surface area contributed by atoms with Crippen molar-refractivity contribution in [2.24, 2.45) is 0 Å². The van der Waals surface area contributed by atoms with Crippen LogP contribution in [-0.2, 0) is 6.61 Å². The first kappa shape index (κ1) is 12.9. The average molecular weight is 259 g/mol. The number of rotatable bonds is 4. The van der Waals surface area contributed by atoms with Crippen LogP contribution in [0, 0.1) is 6.92 Å². The van der Waals surface area contributed by atoms with E-state index in [0.29, 0.717) is 11.4 Å². The van der Waals surface area contributed by atoms with E-state index in [0.717, 1.165) is 11.8 Å². The maximum absolute atomic E-state index is 10.9. The van der Waals surface area contributed by atoms with Crippen molar-refractivity contribution in [2.45, 2.75) is 13.5 Å². The molecular weight excluding hydrogens is 246 g/mol. The van der Waals surface area contributed by atoms with Crippen LogP contribution in [0.4, 0.5) is 0 Å². The molecule has 0 amide bonds. The average Bonchev–Trinajstić information content (AvgIpc) is 2.39. The van der Waals surface area contributed by atoms with Crippen molar-refractivity contribution in [1.82, 2.24) is 4.98 Å². The second kappa shape index (κ2) is 5.39. The van der Waals surface area contributed by atoms with Gasteiger partial charge in [-0.1, -0.05) is 18.2 Å². The van der Waals surface area contributed by atoms with Crippen molar-refractivity contribution in [3.63, 3.8) is 0 Å². The van der Waals surface area contributed by atoms with E-state index < -0.39 is 5.97 Å². The lowest BCUT2D eigenvalue weighted by molar-refractivity contribution is 0.0693. The van der Waals surface area contributed by atoms with Gasteiger partial charge in [0.1, 0.15) is 23.7 Å². The number of nitrogens with zero attached hydrogens (tertiary/aromatic N) is 1. The van der Waals surface area contributed by atoms with Crippen LogP contribution in [0.3, 0.4) is 0 Å². The first-order valence-electron chi connectivity index (χ1n) is 5.67. The lowest BCUT2D eigenvalue weighted by Gasteiger charge is -2.09. The zero-order valence-corrected chi connectivity index (χ0v) is 10.3. The lowest BCUT2D eigenvalue weighted by Crippen LogP contribution is -2.03. The maximum Gasteiger partial charge on any atom is 0.339 e. The summed E-state index contributed by atoms with van der Waals surface area (Å²) in [4.78, 5) is 14.8. The molecule has 0 aliphatic rings. The molecule has 0 aliphatic heterocycles. The Morgan fingerprint density at radius 2 is 2.11 bits per heavy atom. The molecule has 1 heterocycles. The second-order valence-electron chi connectivity index (χ2n) is 4.05. The van der Waals surface area contributed by atoms with Crippen molar-refractivity contribution in [3.8, 4) is 11.5 Å². The molecule has 0 unspecified atom stereocenters. The predicted octanol–water partition coefficient (Wildman–Crippen LogP) is 2.37. The number of carboxylic acids is 1. The van der Waals surface area contributed by atoms with E-state index in [2.05, 4.69) is 4.98 Å². The molecule has 0 fully saturated rings. The molecule has 1 aromatic heterocycles. The van der Waals surface area contributed by atoms with Gasteiger partial charge >= 0.3 is 5.97 Å². The second-order valence-corrected chi connectivity index (χ2v) is 4.05. The Balaban J connectivity index is 2.14. The molecule has 1 aromatic carbocycles. The highest BCUT2D eigenvalue weighted by Crippen LogP contribution is 2.20. The van der Waals surface area contributed by atoms with Gasteiger partial charge < -0.3 is 14.9 Å². The topological polar surface area (TPSA) is 79.7 Å². The molecular formula is C14H13NO4. The Hall–Kier alpha value is -2.56. The van der Waals surface area contributed by atoms with Crippen LogP contribution in [0.15, 0.2) is 36.5 Å². The number of aryl methyl sites for hydroxylation is 1. The SMILES string of the molecule is Cc1ccccc1OCc1cc(C(=O)O)c(O)cn1. The molecule has 0 saturated heterocycles. The summed E-state index contributed by atoms with van der Waals surface area (Å²) in [5.74, 6) is -0.835. The molecule has 0 spiro atoms. The zero-order valence-electron chi connectivity index (χ0n) is 10.3. The van der Waals surface area contributed by atoms with Crippen LogP contribution in [-0.4, -0.2) is 21.2 Å². The number of hydrogen-bond donors (Lipinski definition) is 2. The molecule has 0 aliphatic carbocycles. The van der Waals surface area contributed by atoms with E-state index >= 15 is 0 Å². The van der Waals surface area contributed by atoms with Crippen molar-refractivity contribution in [2.75, 3.05) is 0 Å². The van der Waals surface area contributed by atoms with Gasteiger partial charge in [0, 0.05) is 0 Å². The number of carbonyl (C=O) groups is 1. The fraction of sp³-hybridized carbons (Fsp3) is 0.143. The van der Waals surface area contributed by atoms with E-state index in [1.54, 1.807) is 0 Å². The van der Waals surface area contributed by atoms with Crippen LogP contribution in [0.25, 0.3) is 0 Å². The Morgan fingerprint density at radius 1 is 1.37 bits per heavy atom. The molecule has 0 bridgehead atoms. The molecule has 5 heteroatoms. The van der Waals surface area contributed by atoms with Crippen molar-refractivity contribution >= 4 is 5.97 Å². The van der Waals surface area contributed by atoms with Gasteiger partial charge in [0.15, 0.2) is 0 Å². The maximum atomic E-state index is 10.9. The number of para-hydroxylation sites is 1. The number of benzene rings is 1. The van der Waals surface area contributed by atoms with Gasteiger partial charge in [0.05, 0.1) is 11.9 Å². The number of aromatic hydroxyl groups is 1. The highest BCUT2D eigenvalue weighted by Gasteiger charge is 2.11. The number of hydrogen-bond acceptors (Lipinski definition) is 4. The van der Waals surface area contributed by atoms with Gasteiger partial charge in [-0.05, 0) is 24.6 Å². The molecule has 5 nitrogen and oxygen atoms in total. The molecule has 98 valence electrons. The molecule has 2 rings (SSSR count). The van der Waals surface area contributed by atoms with Crippen LogP contribution in [0.1, 0.15) is 21.6 Å². The third kappa shape index (κ3) is 3.01. The minimum absolute atomic E-state index is 0.144. The van der Waals surface area contributed by atoms with Crippen LogP contribution < -0.4 is 4.74 Å². The van der Waals surface area contributed by atoms with Crippen molar-refractivity contribution < 1.29 is 19.7 Å². The first-order chi connectivity index (χ1) is 9.08. The normalized spacial score (nSPS) is 10.2. The Morgan fingerprint density at radius 3 is 2.79 bits per heavy atom. The third-order valence-corrected chi connectivity index (χ3v) is 2.64. The number of ether oxygens (including phenoxy) is 1. The smallest absolute Gasteiger partial charge is 0.339 e. The van der Waals surface area contributed by atoms with Gasteiger partial charge in [0.25, 0.3) is 0 Å². The summed E-state index contributed by atoms with van der Waals surface area (Å²) in [5, 5.41) is 18.2. The molecule has 0 radical (unpaired) electrons. The fourth-order valence-electron chi connectivity index (χ4n) is 1.61. The minimum atomic E-state index is -1.20. The number of aromatic carboxylic acids is 1. The lowest BCUT2D eigenvalue weighted by atomic mass is 10.2. The summed E-state index contributed by atoms with van der Waals surface area (Å²) in [6, 6.07) is 8.81. The zero-order chi connectivity index (χ0) is 13.8. The van der Waals surface area contributed by atoms with Gasteiger partial charge in [-0.3, -0.25) is 4.98 Å². The van der Waals surface area contributed by atoms with E-state index in [9.17, 15) is 9.90 Å². The fourth-order valence-corrected chi connectivity index (χ4v) is 1.61. The Labute approximate surface area is 110 Å². The minimum Gasteiger partial charge on any atom is -0.505 e. The summed E-state index contributed by atoms with van der Waals surface area (Å²) >= 11 is 0. The van der Waals surface area contributed by atoms with Gasteiger partial charge in [-0.2, -0.15) is 0 Å². The monoisotopic (exact) mass is 259 g/mol. The highest BCUT2D eigenvalue weighted by molar-refractivity contribution is 5.90. The number of pyridine rings is 1. The van der Waals surface area contributed by atoms with Gasteiger partial charge in [0.2, 0.25) is 0 Å². The third-order valence-electron chi connectivity index (χ3n) is 2.64. The molecule has 0 saturated carbocycles. The van der Waals surface area contributed by atoms with Crippen molar-refractivity contribution in [3.05, 3.63) is 53.3 Å². The molecule has 19 heavy (non-hydrogen) atoms. The predicted molar refractivity (Wildman–Crippen MR) is 68.4 cm³/mol. The van der Waals surface area contributed by atoms with Crippen LogP contribution in [0.5, 0.6) is 11.5 Å². The summed E-state index contributed by atoms with van der Waals surface area (Å²) in [6.45, 7) is 2.06. The van der Waals surface area contributed by atoms with E-state index in [1.165, 1.54) is 6.07 Å². The standard InChI is InChI=1S/C14H13NO4/c1-9-4-2-3-5-13(9)19-8-10-6-11(14(17)18)12(16)7-15-10/h2-7,16H,8H2,1H3,(H,17,18). The quantitative estimate of drug-likeness (QED) is 0.881. The largest absolute Gasteiger partial charge is 0.505 e. The molecule has 2 N–H and O–H groups in total. The first-order valence-corrected chi connectivity index (χ1v) is 5.67. The van der Waals surface area contributed by atoms with Crippen LogP contribution in [0.2, 0.25) is 0 Å². The highest BCUT2D eigenvalue weighted by atomic mass is 16.5. The van der Waals surface area contributed by atoms with Gasteiger partial charge in [-0.25, -0.2) is 4.79 Å². The van der Waals surface area contributed by atoms with E-state index in [1.807, 2.05) is 31.2 Å². The van der Waals surface area contributed by atoms with Crippen molar-refractivity contribution in [1.29, 1.82) is 0 Å². The Bertz CT molecular complexity index is 610. The van der Waals surface area contributed by atoms with Crippen LogP contribution >= 0.6 is 0 Å². The van der Waals surface area contributed by atoms with Gasteiger partial charge in [-0.15, -0.1) is 0 Å². The summed E-state index contributed by atoms with van der Waals surface area (Å²) in [5.41, 5.74) is 1.25. The summed E-state index contributed by atoms with van der Waals surface area (Å²) in [6.07, 6.45) is 1.11. The summed E-state index contributed by atoms with van der Waals surface area (Å²) < 4.78 is 5.56. The van der Waals surface area contributed by atoms with E-state index in [-0.39, 0.29) is 17.9 Å². The molecule has 0 atom stereocenters. The number of aromatic nitrogens is 1. The van der Waals surface area contributed by atoms with E-state index in [4.69, 9.17) is 9.84 Å². The Kier molecular flexibility index (Phi) is 3.66. The molecule has 2 aromatic rings.